The Morgan fingerprint density at radius 3 is 2.23 bits per heavy atom. The van der Waals surface area contributed by atoms with Gasteiger partial charge in [-0.1, -0.05) is 32.1 Å². The Bertz CT molecular complexity index is 1300. The summed E-state index contributed by atoms with van der Waals surface area (Å²) in [4.78, 5) is 26.2. The van der Waals surface area contributed by atoms with E-state index in [0.717, 1.165) is 31.5 Å². The quantitative estimate of drug-likeness (QED) is 0.108. The van der Waals surface area contributed by atoms with Gasteiger partial charge in [0.05, 0.1) is 17.9 Å². The molecule has 0 fully saturated rings. The maximum Gasteiger partial charge on any atom is 0.347 e. The van der Waals surface area contributed by atoms with E-state index in [2.05, 4.69) is 28.6 Å². The third kappa shape index (κ3) is 8.81. The van der Waals surface area contributed by atoms with Crippen LogP contribution in [0.4, 0.5) is 17.1 Å². The number of carbonyl (C=O) groups is 2. The molecule has 0 aliphatic heterocycles. The summed E-state index contributed by atoms with van der Waals surface area (Å²) in [5.41, 5.74) is 3.57. The van der Waals surface area contributed by atoms with Crippen LogP contribution in [-0.4, -0.2) is 36.7 Å². The third-order valence-corrected chi connectivity index (χ3v) is 5.97. The summed E-state index contributed by atoms with van der Waals surface area (Å²) in [7, 11) is 0. The summed E-state index contributed by atoms with van der Waals surface area (Å²) >= 11 is 0. The highest BCUT2D eigenvalue weighted by Gasteiger charge is 2.14. The van der Waals surface area contributed by atoms with Gasteiger partial charge in [-0.3, -0.25) is 0 Å². The van der Waals surface area contributed by atoms with Crippen molar-refractivity contribution in [3.63, 3.8) is 0 Å². The average molecular weight is 530 g/mol. The number of hydrogen-bond donors (Lipinski definition) is 1. The SMILES string of the molecule is C=C(C)C(=O)OCCN(CC)c1ccc(N=Nc2ccc(C(=O)Oc3ccc(CCCC)cc3)c(O)c2)cc1. The first-order valence-corrected chi connectivity index (χ1v) is 13.0. The standard InChI is InChI=1S/C31H35N3O5/c1-5-7-8-23-9-16-27(17-10-23)39-31(37)28-18-13-25(21-29(28)35)33-32-24-11-14-26(15-12-24)34(6-2)19-20-38-30(36)22(3)4/h9-18,21,35H,3,5-8,19-20H2,1-2,4H3. The van der Waals surface area contributed by atoms with Crippen molar-refractivity contribution in [1.82, 2.24) is 0 Å². The van der Waals surface area contributed by atoms with Gasteiger partial charge in [0.15, 0.2) is 0 Å². The molecule has 0 heterocycles. The lowest BCUT2D eigenvalue weighted by Gasteiger charge is -2.22. The minimum atomic E-state index is -0.650. The zero-order valence-electron chi connectivity index (χ0n) is 22.7. The molecule has 0 amide bonds. The van der Waals surface area contributed by atoms with Crippen molar-refractivity contribution in [3.8, 4) is 11.5 Å². The van der Waals surface area contributed by atoms with Crippen LogP contribution in [-0.2, 0) is 16.0 Å². The molecule has 1 N–H and O–H groups in total. The first kappa shape index (κ1) is 29.1. The fourth-order valence-electron chi connectivity index (χ4n) is 3.71. The Hall–Kier alpha value is -4.46. The number of ether oxygens (including phenoxy) is 2. The van der Waals surface area contributed by atoms with E-state index in [1.165, 1.54) is 17.7 Å². The van der Waals surface area contributed by atoms with Gasteiger partial charge in [-0.15, -0.1) is 0 Å². The molecule has 0 spiro atoms. The lowest BCUT2D eigenvalue weighted by atomic mass is 10.1. The van der Waals surface area contributed by atoms with E-state index < -0.39 is 11.9 Å². The monoisotopic (exact) mass is 529 g/mol. The maximum absolute atomic E-state index is 12.6. The number of anilines is 1. The van der Waals surface area contributed by atoms with E-state index >= 15 is 0 Å². The van der Waals surface area contributed by atoms with Crippen LogP contribution in [0, 0.1) is 0 Å². The largest absolute Gasteiger partial charge is 0.507 e. The van der Waals surface area contributed by atoms with E-state index in [9.17, 15) is 14.7 Å². The fourth-order valence-corrected chi connectivity index (χ4v) is 3.71. The molecule has 3 aromatic carbocycles. The molecule has 8 nitrogen and oxygen atoms in total. The number of azo groups is 1. The zero-order chi connectivity index (χ0) is 28.2. The molecule has 0 aromatic heterocycles. The van der Waals surface area contributed by atoms with Gasteiger partial charge in [0, 0.05) is 23.9 Å². The molecule has 0 saturated carbocycles. The van der Waals surface area contributed by atoms with Gasteiger partial charge in [0.2, 0.25) is 0 Å². The number of likely N-dealkylation sites (N-methyl/N-ethyl adjacent to an activating group) is 1. The number of phenolic OH excluding ortho intramolecular Hbond substituents is 1. The minimum Gasteiger partial charge on any atom is -0.507 e. The predicted molar refractivity (Wildman–Crippen MR) is 152 cm³/mol. The molecule has 0 radical (unpaired) electrons. The number of unbranched alkanes of at least 4 members (excludes halogenated alkanes) is 1. The van der Waals surface area contributed by atoms with Gasteiger partial charge in [-0.05, 0) is 80.8 Å². The number of hydrogen-bond acceptors (Lipinski definition) is 8. The van der Waals surface area contributed by atoms with Gasteiger partial charge in [-0.25, -0.2) is 9.59 Å². The van der Waals surface area contributed by atoms with Crippen LogP contribution in [0.2, 0.25) is 0 Å². The molecule has 0 bridgehead atoms. The molecule has 204 valence electrons. The summed E-state index contributed by atoms with van der Waals surface area (Å²) in [5.74, 6) is -0.869. The second kappa shape index (κ2) is 14.5. The van der Waals surface area contributed by atoms with E-state index in [1.807, 2.05) is 43.3 Å². The maximum atomic E-state index is 12.6. The molecule has 8 heteroatoms. The summed E-state index contributed by atoms with van der Waals surface area (Å²) in [6, 6.07) is 19.3. The molecule has 0 unspecified atom stereocenters. The van der Waals surface area contributed by atoms with Crippen LogP contribution < -0.4 is 9.64 Å². The number of aryl methyl sites for hydroxylation is 1. The summed E-state index contributed by atoms with van der Waals surface area (Å²) in [6.07, 6.45) is 3.21. The number of rotatable bonds is 13. The highest BCUT2D eigenvalue weighted by Crippen LogP contribution is 2.28. The van der Waals surface area contributed by atoms with Crippen LogP contribution in [0.3, 0.4) is 0 Å². The Morgan fingerprint density at radius 2 is 1.62 bits per heavy atom. The normalized spacial score (nSPS) is 10.8. The van der Waals surface area contributed by atoms with E-state index in [1.54, 1.807) is 25.1 Å². The van der Waals surface area contributed by atoms with Crippen molar-refractivity contribution in [1.29, 1.82) is 0 Å². The minimum absolute atomic E-state index is 0.0435. The molecule has 3 aromatic rings. The summed E-state index contributed by atoms with van der Waals surface area (Å²) in [6.45, 7) is 10.9. The number of esters is 2. The highest BCUT2D eigenvalue weighted by molar-refractivity contribution is 5.94. The Balaban J connectivity index is 1.58. The van der Waals surface area contributed by atoms with Crippen LogP contribution in [0.1, 0.15) is 49.5 Å². The van der Waals surface area contributed by atoms with Gasteiger partial charge in [0.25, 0.3) is 0 Å². The van der Waals surface area contributed by atoms with E-state index in [0.29, 0.717) is 29.2 Å². The third-order valence-electron chi connectivity index (χ3n) is 5.97. The first-order valence-electron chi connectivity index (χ1n) is 13.0. The molecule has 0 aliphatic rings. The summed E-state index contributed by atoms with van der Waals surface area (Å²) in [5, 5.41) is 18.8. The average Bonchev–Trinajstić information content (AvgIpc) is 2.94. The molecule has 3 rings (SSSR count). The van der Waals surface area contributed by atoms with Crippen molar-refractivity contribution < 1.29 is 24.2 Å². The van der Waals surface area contributed by atoms with Crippen LogP contribution in [0.25, 0.3) is 0 Å². The lowest BCUT2D eigenvalue weighted by molar-refractivity contribution is -0.138. The molecular formula is C31H35N3O5. The first-order chi connectivity index (χ1) is 18.8. The van der Waals surface area contributed by atoms with E-state index in [4.69, 9.17) is 9.47 Å². The smallest absolute Gasteiger partial charge is 0.347 e. The van der Waals surface area contributed by atoms with Gasteiger partial charge >= 0.3 is 11.9 Å². The highest BCUT2D eigenvalue weighted by atomic mass is 16.5. The van der Waals surface area contributed by atoms with Crippen LogP contribution in [0.15, 0.2) is 89.1 Å². The van der Waals surface area contributed by atoms with Crippen molar-refractivity contribution in [2.24, 2.45) is 10.2 Å². The number of carbonyl (C=O) groups excluding carboxylic acids is 2. The van der Waals surface area contributed by atoms with Crippen molar-refractivity contribution in [3.05, 3.63) is 90.0 Å². The van der Waals surface area contributed by atoms with Gasteiger partial charge in [0.1, 0.15) is 23.7 Å². The second-order valence-corrected chi connectivity index (χ2v) is 9.05. The number of phenols is 1. The second-order valence-electron chi connectivity index (χ2n) is 9.05. The van der Waals surface area contributed by atoms with Crippen LogP contribution >= 0.6 is 0 Å². The van der Waals surface area contributed by atoms with Gasteiger partial charge in [-0.2, -0.15) is 10.2 Å². The Morgan fingerprint density at radius 1 is 0.949 bits per heavy atom. The van der Waals surface area contributed by atoms with Gasteiger partial charge < -0.3 is 19.5 Å². The van der Waals surface area contributed by atoms with Crippen molar-refractivity contribution in [2.45, 2.75) is 40.0 Å². The zero-order valence-corrected chi connectivity index (χ0v) is 22.7. The number of benzene rings is 3. The molecule has 0 atom stereocenters. The molecule has 0 saturated heterocycles. The topological polar surface area (TPSA) is 101 Å². The van der Waals surface area contributed by atoms with Crippen LogP contribution in [0.5, 0.6) is 11.5 Å². The number of aromatic hydroxyl groups is 1. The Labute approximate surface area is 229 Å². The summed E-state index contributed by atoms with van der Waals surface area (Å²) < 4.78 is 10.6. The molecular weight excluding hydrogens is 494 g/mol. The van der Waals surface area contributed by atoms with Crippen molar-refractivity contribution >= 4 is 29.0 Å². The predicted octanol–water partition coefficient (Wildman–Crippen LogP) is 7.32. The number of nitrogens with zero attached hydrogens (tertiary/aromatic N) is 3. The lowest BCUT2D eigenvalue weighted by Crippen LogP contribution is -2.28. The fraction of sp³-hybridized carbons (Fsp3) is 0.290. The Kier molecular flexibility index (Phi) is 10.8. The molecule has 39 heavy (non-hydrogen) atoms. The van der Waals surface area contributed by atoms with Crippen molar-refractivity contribution in [2.75, 3.05) is 24.6 Å². The molecule has 0 aliphatic carbocycles. The van der Waals surface area contributed by atoms with E-state index in [-0.39, 0.29) is 17.9 Å².